The summed E-state index contributed by atoms with van der Waals surface area (Å²) in [6.45, 7) is 1.43. The zero-order valence-corrected chi connectivity index (χ0v) is 20.9. The molecule has 13 heteroatoms. The smallest absolute Gasteiger partial charge is 0.310 e. The van der Waals surface area contributed by atoms with Crippen LogP contribution in [-0.4, -0.2) is 54.7 Å². The third-order valence-electron chi connectivity index (χ3n) is 6.04. The van der Waals surface area contributed by atoms with Gasteiger partial charge < -0.3 is 9.80 Å². The predicted molar refractivity (Wildman–Crippen MR) is 131 cm³/mol. The number of hydrogen-bond donors (Lipinski definition) is 0. The molecule has 0 radical (unpaired) electrons. The number of sulfone groups is 1. The highest BCUT2D eigenvalue weighted by molar-refractivity contribution is 7.92. The molecule has 2 heterocycles. The van der Waals surface area contributed by atoms with Crippen molar-refractivity contribution in [1.29, 1.82) is 0 Å². The second kappa shape index (κ2) is 9.89. The molecule has 0 aliphatic carbocycles. The Hall–Kier alpha value is -4.26. The van der Waals surface area contributed by atoms with Crippen LogP contribution >= 0.6 is 0 Å². The van der Waals surface area contributed by atoms with Crippen LogP contribution < -0.4 is 9.80 Å². The molecule has 1 unspecified atom stereocenters. The SMILES string of the molecule is CC1C(=O)N(c2ccc(S(=O)(=O)C(F)(F)F)cc2)C(=O)N1Cc1ccnc(C(=O)N(C)c2ccccc2)c1. The first-order chi connectivity index (χ1) is 17.8. The number of rotatable bonds is 6. The van der Waals surface area contributed by atoms with Gasteiger partial charge in [0, 0.05) is 25.5 Å². The van der Waals surface area contributed by atoms with E-state index in [1.807, 2.05) is 6.07 Å². The van der Waals surface area contributed by atoms with Gasteiger partial charge in [0.25, 0.3) is 21.7 Å². The van der Waals surface area contributed by atoms with Crippen molar-refractivity contribution >= 4 is 39.1 Å². The van der Waals surface area contributed by atoms with Crippen molar-refractivity contribution in [3.8, 4) is 0 Å². The number of hydrogen-bond acceptors (Lipinski definition) is 6. The van der Waals surface area contributed by atoms with E-state index in [4.69, 9.17) is 0 Å². The maximum absolute atomic E-state index is 13.1. The minimum atomic E-state index is -5.58. The summed E-state index contributed by atoms with van der Waals surface area (Å²) in [5, 5.41) is 0. The Morgan fingerprint density at radius 1 is 1.03 bits per heavy atom. The summed E-state index contributed by atoms with van der Waals surface area (Å²) >= 11 is 0. The van der Waals surface area contributed by atoms with Crippen LogP contribution in [-0.2, 0) is 21.2 Å². The van der Waals surface area contributed by atoms with Gasteiger partial charge in [0.05, 0.1) is 10.6 Å². The fourth-order valence-corrected chi connectivity index (χ4v) is 4.65. The van der Waals surface area contributed by atoms with Gasteiger partial charge in [-0.05, 0) is 61.0 Å². The average molecular weight is 547 g/mol. The number of aromatic nitrogens is 1. The molecule has 1 aliphatic heterocycles. The second-order valence-electron chi connectivity index (χ2n) is 8.45. The molecule has 1 aromatic heterocycles. The number of para-hydroxylation sites is 1. The number of nitrogens with zero attached hydrogens (tertiary/aromatic N) is 4. The quantitative estimate of drug-likeness (QED) is 0.433. The molecule has 1 aliphatic rings. The second-order valence-corrected chi connectivity index (χ2v) is 10.4. The lowest BCUT2D eigenvalue weighted by Crippen LogP contribution is -2.33. The third kappa shape index (κ3) is 4.84. The zero-order valence-electron chi connectivity index (χ0n) is 20.1. The summed E-state index contributed by atoms with van der Waals surface area (Å²) in [6, 6.07) is 13.6. The van der Waals surface area contributed by atoms with Gasteiger partial charge in [-0.2, -0.15) is 13.2 Å². The first-order valence-corrected chi connectivity index (χ1v) is 12.7. The van der Waals surface area contributed by atoms with Crippen LogP contribution in [0.2, 0.25) is 0 Å². The molecule has 0 N–H and O–H groups in total. The Labute approximate surface area is 216 Å². The van der Waals surface area contributed by atoms with Gasteiger partial charge in [-0.15, -0.1) is 0 Å². The summed E-state index contributed by atoms with van der Waals surface area (Å²) in [4.78, 5) is 45.4. The number of benzene rings is 2. The molecule has 1 fully saturated rings. The summed E-state index contributed by atoms with van der Waals surface area (Å²) in [7, 11) is -3.98. The van der Waals surface area contributed by atoms with E-state index >= 15 is 0 Å². The van der Waals surface area contributed by atoms with Crippen LogP contribution in [0.3, 0.4) is 0 Å². The summed E-state index contributed by atoms with van der Waals surface area (Å²) in [5.41, 5.74) is -4.27. The Morgan fingerprint density at radius 2 is 1.66 bits per heavy atom. The standard InChI is InChI=1S/C25H21F3N4O5S/c1-16-22(33)32(19-8-10-20(11-9-19)38(36,37)25(26,27)28)24(35)31(16)15-17-12-13-29-21(14-17)23(34)30(2)18-6-4-3-5-7-18/h3-14,16H,15H2,1-2H3. The van der Waals surface area contributed by atoms with E-state index in [1.54, 1.807) is 37.4 Å². The fraction of sp³-hybridized carbons (Fsp3) is 0.200. The van der Waals surface area contributed by atoms with Crippen LogP contribution in [0.4, 0.5) is 29.3 Å². The maximum Gasteiger partial charge on any atom is 0.501 e. The molecule has 38 heavy (non-hydrogen) atoms. The van der Waals surface area contributed by atoms with Gasteiger partial charge >= 0.3 is 11.5 Å². The van der Waals surface area contributed by atoms with Gasteiger partial charge in [0.2, 0.25) is 0 Å². The number of pyridine rings is 1. The van der Waals surface area contributed by atoms with E-state index in [0.717, 1.165) is 17.0 Å². The molecule has 1 atom stereocenters. The summed E-state index contributed by atoms with van der Waals surface area (Å²) in [5.74, 6) is -1.03. The van der Waals surface area contributed by atoms with Crippen LogP contribution in [0.5, 0.6) is 0 Å². The van der Waals surface area contributed by atoms with E-state index in [9.17, 15) is 36.0 Å². The highest BCUT2D eigenvalue weighted by Crippen LogP contribution is 2.33. The minimum Gasteiger partial charge on any atom is -0.310 e. The Bertz CT molecular complexity index is 1500. The van der Waals surface area contributed by atoms with Crippen molar-refractivity contribution in [2.45, 2.75) is 29.9 Å². The van der Waals surface area contributed by atoms with Gasteiger partial charge in [-0.25, -0.2) is 18.1 Å². The van der Waals surface area contributed by atoms with Crippen LogP contribution in [0.15, 0.2) is 77.8 Å². The normalized spacial score (nSPS) is 16.2. The third-order valence-corrected chi connectivity index (χ3v) is 7.54. The molecule has 0 saturated carbocycles. The van der Waals surface area contributed by atoms with Gasteiger partial charge in [-0.1, -0.05) is 18.2 Å². The zero-order chi connectivity index (χ0) is 27.8. The molecule has 2 aromatic carbocycles. The number of urea groups is 1. The van der Waals surface area contributed by atoms with E-state index < -0.39 is 38.2 Å². The molecular weight excluding hydrogens is 525 g/mol. The lowest BCUT2D eigenvalue weighted by Gasteiger charge is -2.20. The van der Waals surface area contributed by atoms with Gasteiger partial charge in [0.15, 0.2) is 0 Å². The molecule has 3 aromatic rings. The Kier molecular flexibility index (Phi) is 6.98. The number of halogens is 3. The number of imide groups is 1. The molecule has 9 nitrogen and oxygen atoms in total. The van der Waals surface area contributed by atoms with Gasteiger partial charge in [-0.3, -0.25) is 14.6 Å². The average Bonchev–Trinajstić information content (AvgIpc) is 3.10. The van der Waals surface area contributed by atoms with Crippen molar-refractivity contribution < 1.29 is 36.0 Å². The molecule has 0 spiro atoms. The molecule has 4 rings (SSSR count). The Morgan fingerprint density at radius 3 is 2.26 bits per heavy atom. The largest absolute Gasteiger partial charge is 0.501 e. The van der Waals surface area contributed by atoms with Crippen molar-refractivity contribution in [2.24, 2.45) is 0 Å². The highest BCUT2D eigenvalue weighted by atomic mass is 32.2. The summed E-state index contributed by atoms with van der Waals surface area (Å²) in [6.07, 6.45) is 1.41. The van der Waals surface area contributed by atoms with Crippen molar-refractivity contribution in [2.75, 3.05) is 16.8 Å². The van der Waals surface area contributed by atoms with E-state index in [0.29, 0.717) is 23.4 Å². The van der Waals surface area contributed by atoms with Crippen molar-refractivity contribution in [1.82, 2.24) is 9.88 Å². The number of alkyl halides is 3. The van der Waals surface area contributed by atoms with Crippen LogP contribution in [0.25, 0.3) is 0 Å². The maximum atomic E-state index is 13.1. The van der Waals surface area contributed by atoms with Crippen molar-refractivity contribution in [3.05, 3.63) is 84.2 Å². The van der Waals surface area contributed by atoms with Crippen molar-refractivity contribution in [3.63, 3.8) is 0 Å². The fourth-order valence-electron chi connectivity index (χ4n) is 3.89. The monoisotopic (exact) mass is 546 g/mol. The number of amides is 4. The number of carbonyl (C=O) groups is 3. The molecule has 1 saturated heterocycles. The Balaban J connectivity index is 1.54. The molecule has 198 valence electrons. The topological polar surface area (TPSA) is 108 Å². The predicted octanol–water partition coefficient (Wildman–Crippen LogP) is 4.01. The van der Waals surface area contributed by atoms with Gasteiger partial charge in [0.1, 0.15) is 11.7 Å². The summed E-state index contributed by atoms with van der Waals surface area (Å²) < 4.78 is 61.7. The molecular formula is C25H21F3N4O5S. The molecule has 0 bridgehead atoms. The number of anilines is 2. The van der Waals surface area contributed by atoms with E-state index in [-0.39, 0.29) is 23.8 Å². The van der Waals surface area contributed by atoms with E-state index in [1.165, 1.54) is 29.0 Å². The minimum absolute atomic E-state index is 0.0549. The lowest BCUT2D eigenvalue weighted by molar-refractivity contribution is -0.119. The van der Waals surface area contributed by atoms with E-state index in [2.05, 4.69) is 4.98 Å². The first-order valence-electron chi connectivity index (χ1n) is 11.2. The molecule has 4 amide bonds. The number of carbonyl (C=O) groups excluding carboxylic acids is 3. The first kappa shape index (κ1) is 26.8. The lowest BCUT2D eigenvalue weighted by atomic mass is 10.2. The highest BCUT2D eigenvalue weighted by Gasteiger charge is 2.47. The van der Waals surface area contributed by atoms with Crippen LogP contribution in [0.1, 0.15) is 23.0 Å². The van der Waals surface area contributed by atoms with Crippen LogP contribution in [0, 0.1) is 0 Å².